The molecule has 2 amide bonds. The third-order valence-electron chi connectivity index (χ3n) is 6.01. The lowest BCUT2D eigenvalue weighted by molar-refractivity contribution is -0.141. The first kappa shape index (κ1) is 25.5. The van der Waals surface area contributed by atoms with Crippen molar-refractivity contribution in [2.45, 2.75) is 58.7 Å². The summed E-state index contributed by atoms with van der Waals surface area (Å²) in [5.74, 6) is -0.270. The highest BCUT2D eigenvalue weighted by molar-refractivity contribution is 6.31. The van der Waals surface area contributed by atoms with Crippen LogP contribution in [-0.2, 0) is 29.0 Å². The highest BCUT2D eigenvalue weighted by Crippen LogP contribution is 2.20. The van der Waals surface area contributed by atoms with E-state index >= 15 is 0 Å². The molecule has 0 aromatic heterocycles. The number of nitrogens with zero attached hydrogens (tertiary/aromatic N) is 1. The van der Waals surface area contributed by atoms with Crippen molar-refractivity contribution in [3.63, 3.8) is 0 Å². The van der Waals surface area contributed by atoms with Crippen LogP contribution in [0.25, 0.3) is 0 Å². The van der Waals surface area contributed by atoms with Crippen LogP contribution in [0.1, 0.15) is 42.5 Å². The van der Waals surface area contributed by atoms with E-state index in [0.717, 1.165) is 28.7 Å². The quantitative estimate of drug-likeness (QED) is 0.405. The van der Waals surface area contributed by atoms with E-state index in [1.807, 2.05) is 87.5 Å². The lowest BCUT2D eigenvalue weighted by Gasteiger charge is -2.32. The summed E-state index contributed by atoms with van der Waals surface area (Å²) in [6.07, 6.45) is 1.38. The van der Waals surface area contributed by atoms with E-state index in [4.69, 9.17) is 11.6 Å². The zero-order valence-corrected chi connectivity index (χ0v) is 20.9. The van der Waals surface area contributed by atoms with Gasteiger partial charge in [0.05, 0.1) is 6.42 Å². The summed E-state index contributed by atoms with van der Waals surface area (Å²) in [6.45, 7) is 6.38. The fourth-order valence-electron chi connectivity index (χ4n) is 3.91. The maximum atomic E-state index is 13.7. The molecule has 0 fully saturated rings. The van der Waals surface area contributed by atoms with Gasteiger partial charge in [-0.2, -0.15) is 0 Å². The number of hydrogen-bond acceptors (Lipinski definition) is 2. The highest BCUT2D eigenvalue weighted by Gasteiger charge is 2.31. The van der Waals surface area contributed by atoms with Crippen LogP contribution in [-0.4, -0.2) is 28.8 Å². The molecule has 2 atom stereocenters. The molecule has 0 aliphatic carbocycles. The molecule has 0 unspecified atom stereocenters. The second kappa shape index (κ2) is 12.4. The Bertz CT molecular complexity index is 1100. The summed E-state index contributed by atoms with van der Waals surface area (Å²) in [5, 5.41) is 3.65. The number of halogens is 1. The molecular formula is C29H33ClN2O2. The van der Waals surface area contributed by atoms with Crippen LogP contribution in [0.15, 0.2) is 78.9 Å². The van der Waals surface area contributed by atoms with Gasteiger partial charge in [-0.1, -0.05) is 96.9 Å². The summed E-state index contributed by atoms with van der Waals surface area (Å²) in [4.78, 5) is 29.0. The van der Waals surface area contributed by atoms with Crippen molar-refractivity contribution in [1.29, 1.82) is 0 Å². The van der Waals surface area contributed by atoms with Crippen molar-refractivity contribution in [3.05, 3.63) is 106 Å². The highest BCUT2D eigenvalue weighted by atomic mass is 35.5. The summed E-state index contributed by atoms with van der Waals surface area (Å²) in [6, 6.07) is 24.6. The standard InChI is InChI=1S/C29H33ClN2O2/c1-4-22(3)31-29(34)27(18-23-12-6-5-7-13-23)32(20-24-14-10-11-21(2)17-24)28(33)19-25-15-8-9-16-26(25)30/h5-17,22,27H,4,18-20H2,1-3H3,(H,31,34)/t22-,27+/m1/s1. The normalized spacial score (nSPS) is 12.6. The molecule has 0 bridgehead atoms. The SMILES string of the molecule is CC[C@@H](C)NC(=O)[C@H](Cc1ccccc1)N(Cc1cccc(C)c1)C(=O)Cc1ccccc1Cl. The van der Waals surface area contributed by atoms with Gasteiger partial charge in [-0.05, 0) is 43.0 Å². The van der Waals surface area contributed by atoms with E-state index in [2.05, 4.69) is 11.4 Å². The lowest BCUT2D eigenvalue weighted by atomic mass is 10.0. The van der Waals surface area contributed by atoms with Crippen LogP contribution >= 0.6 is 11.6 Å². The van der Waals surface area contributed by atoms with Crippen molar-refractivity contribution >= 4 is 23.4 Å². The maximum Gasteiger partial charge on any atom is 0.243 e. The number of aryl methyl sites for hydroxylation is 1. The minimum atomic E-state index is -0.646. The predicted octanol–water partition coefficient (Wildman–Crippen LogP) is 5.75. The number of rotatable bonds is 10. The molecule has 5 heteroatoms. The van der Waals surface area contributed by atoms with Crippen molar-refractivity contribution in [2.24, 2.45) is 0 Å². The zero-order chi connectivity index (χ0) is 24.5. The van der Waals surface area contributed by atoms with Crippen LogP contribution in [0.5, 0.6) is 0 Å². The first-order chi connectivity index (χ1) is 16.4. The Morgan fingerprint density at radius 1 is 0.941 bits per heavy atom. The molecular weight excluding hydrogens is 444 g/mol. The molecule has 0 aliphatic rings. The van der Waals surface area contributed by atoms with Gasteiger partial charge in [0, 0.05) is 24.0 Å². The Morgan fingerprint density at radius 3 is 2.29 bits per heavy atom. The van der Waals surface area contributed by atoms with Gasteiger partial charge < -0.3 is 10.2 Å². The molecule has 4 nitrogen and oxygen atoms in total. The number of benzene rings is 3. The number of amides is 2. The summed E-state index contributed by atoms with van der Waals surface area (Å²) < 4.78 is 0. The second-order valence-corrected chi connectivity index (χ2v) is 9.21. The Hall–Kier alpha value is -3.11. The van der Waals surface area contributed by atoms with Gasteiger partial charge >= 0.3 is 0 Å². The van der Waals surface area contributed by atoms with Crippen LogP contribution in [0.2, 0.25) is 5.02 Å². The molecule has 178 valence electrons. The Kier molecular flexibility index (Phi) is 9.29. The molecule has 1 N–H and O–H groups in total. The van der Waals surface area contributed by atoms with Crippen LogP contribution in [0.3, 0.4) is 0 Å². The largest absolute Gasteiger partial charge is 0.352 e. The van der Waals surface area contributed by atoms with Gasteiger partial charge in [0.15, 0.2) is 0 Å². The topological polar surface area (TPSA) is 49.4 Å². The summed E-state index contributed by atoms with van der Waals surface area (Å²) >= 11 is 6.36. The van der Waals surface area contributed by atoms with Crippen molar-refractivity contribution in [3.8, 4) is 0 Å². The Balaban J connectivity index is 1.98. The molecule has 0 heterocycles. The zero-order valence-electron chi connectivity index (χ0n) is 20.1. The molecule has 0 saturated carbocycles. The van der Waals surface area contributed by atoms with Crippen molar-refractivity contribution < 1.29 is 9.59 Å². The van der Waals surface area contributed by atoms with Gasteiger partial charge in [-0.25, -0.2) is 0 Å². The van der Waals surface area contributed by atoms with Gasteiger partial charge in [-0.3, -0.25) is 9.59 Å². The van der Waals surface area contributed by atoms with Gasteiger partial charge in [0.1, 0.15) is 6.04 Å². The molecule has 0 radical (unpaired) electrons. The molecule has 3 rings (SSSR count). The Labute approximate surface area is 207 Å². The number of carbonyl (C=O) groups is 2. The second-order valence-electron chi connectivity index (χ2n) is 8.80. The van der Waals surface area contributed by atoms with E-state index in [1.54, 1.807) is 11.0 Å². The minimum Gasteiger partial charge on any atom is -0.352 e. The van der Waals surface area contributed by atoms with Gasteiger partial charge in [0.25, 0.3) is 0 Å². The average Bonchev–Trinajstić information content (AvgIpc) is 2.83. The summed E-state index contributed by atoms with van der Waals surface area (Å²) in [7, 11) is 0. The average molecular weight is 477 g/mol. The first-order valence-corrected chi connectivity index (χ1v) is 12.2. The predicted molar refractivity (Wildman–Crippen MR) is 139 cm³/mol. The minimum absolute atomic E-state index is 0.0188. The molecule has 0 spiro atoms. The number of nitrogens with one attached hydrogen (secondary N) is 1. The monoisotopic (exact) mass is 476 g/mol. The molecule has 34 heavy (non-hydrogen) atoms. The number of carbonyl (C=O) groups excluding carboxylic acids is 2. The smallest absolute Gasteiger partial charge is 0.243 e. The third-order valence-corrected chi connectivity index (χ3v) is 6.38. The van der Waals surface area contributed by atoms with Gasteiger partial charge in [0.2, 0.25) is 11.8 Å². The Morgan fingerprint density at radius 2 is 1.62 bits per heavy atom. The van der Waals surface area contributed by atoms with Gasteiger partial charge in [-0.15, -0.1) is 0 Å². The van der Waals surface area contributed by atoms with E-state index in [9.17, 15) is 9.59 Å². The van der Waals surface area contributed by atoms with E-state index < -0.39 is 6.04 Å². The summed E-state index contributed by atoms with van der Waals surface area (Å²) in [5.41, 5.74) is 3.86. The third kappa shape index (κ3) is 7.19. The van der Waals surface area contributed by atoms with Crippen molar-refractivity contribution in [1.82, 2.24) is 10.2 Å². The maximum absolute atomic E-state index is 13.7. The molecule has 0 aliphatic heterocycles. The van der Waals surface area contributed by atoms with E-state index in [-0.39, 0.29) is 24.3 Å². The molecule has 3 aromatic rings. The molecule has 0 saturated heterocycles. The van der Waals surface area contributed by atoms with Crippen LogP contribution < -0.4 is 5.32 Å². The van der Waals surface area contributed by atoms with E-state index in [1.165, 1.54) is 0 Å². The molecule has 3 aromatic carbocycles. The number of hydrogen-bond donors (Lipinski definition) is 1. The first-order valence-electron chi connectivity index (χ1n) is 11.8. The van der Waals surface area contributed by atoms with Crippen LogP contribution in [0.4, 0.5) is 0 Å². The fourth-order valence-corrected chi connectivity index (χ4v) is 4.11. The van der Waals surface area contributed by atoms with Crippen LogP contribution in [0, 0.1) is 6.92 Å². The lowest BCUT2D eigenvalue weighted by Crippen LogP contribution is -2.52. The fraction of sp³-hybridized carbons (Fsp3) is 0.310. The van der Waals surface area contributed by atoms with E-state index in [0.29, 0.717) is 18.0 Å². The van der Waals surface area contributed by atoms with Crippen molar-refractivity contribution in [2.75, 3.05) is 0 Å².